The molecule has 0 spiro atoms. The fourth-order valence-electron chi connectivity index (χ4n) is 3.27. The summed E-state index contributed by atoms with van der Waals surface area (Å²) in [7, 11) is 3.43. The van der Waals surface area contributed by atoms with Gasteiger partial charge in [-0.1, -0.05) is 23.9 Å². The standard InChI is InChI=1S/C17H17NO7S/c1-23-14(19)10-11(15(20)24-2)13-17(22,12(10)16(21)25-3)26-9-7-5-4-6-8(9)18-13/h4-7,10,12,18,22H,1-3H3. The summed E-state index contributed by atoms with van der Waals surface area (Å²) in [5.74, 6) is -5.27. The molecule has 138 valence electrons. The van der Waals surface area contributed by atoms with Crippen molar-refractivity contribution >= 4 is 35.4 Å². The van der Waals surface area contributed by atoms with E-state index in [1.54, 1.807) is 24.3 Å². The summed E-state index contributed by atoms with van der Waals surface area (Å²) in [5, 5.41) is 14.3. The molecule has 0 bridgehead atoms. The van der Waals surface area contributed by atoms with Crippen LogP contribution in [0.1, 0.15) is 0 Å². The van der Waals surface area contributed by atoms with Crippen LogP contribution in [0.2, 0.25) is 0 Å². The van der Waals surface area contributed by atoms with Crippen molar-refractivity contribution in [2.45, 2.75) is 9.83 Å². The van der Waals surface area contributed by atoms with E-state index >= 15 is 0 Å². The van der Waals surface area contributed by atoms with E-state index in [4.69, 9.17) is 14.2 Å². The van der Waals surface area contributed by atoms with E-state index in [0.29, 0.717) is 10.6 Å². The van der Waals surface area contributed by atoms with E-state index in [0.717, 1.165) is 33.1 Å². The van der Waals surface area contributed by atoms with Gasteiger partial charge in [-0.15, -0.1) is 0 Å². The predicted molar refractivity (Wildman–Crippen MR) is 90.9 cm³/mol. The highest BCUT2D eigenvalue weighted by molar-refractivity contribution is 8.01. The molecule has 0 fully saturated rings. The van der Waals surface area contributed by atoms with Crippen LogP contribution in [0, 0.1) is 11.8 Å². The highest BCUT2D eigenvalue weighted by atomic mass is 32.2. The molecule has 3 rings (SSSR count). The maximum Gasteiger partial charge on any atom is 0.336 e. The fourth-order valence-corrected chi connectivity index (χ4v) is 4.61. The van der Waals surface area contributed by atoms with Crippen LogP contribution in [0.5, 0.6) is 0 Å². The second-order valence-electron chi connectivity index (χ2n) is 5.70. The number of anilines is 1. The topological polar surface area (TPSA) is 111 Å². The predicted octanol–water partition coefficient (Wildman–Crippen LogP) is 0.912. The Balaban J connectivity index is 2.25. The van der Waals surface area contributed by atoms with Crippen molar-refractivity contribution in [3.05, 3.63) is 35.5 Å². The van der Waals surface area contributed by atoms with Crippen LogP contribution in [0.3, 0.4) is 0 Å². The van der Waals surface area contributed by atoms with Gasteiger partial charge in [-0.3, -0.25) is 9.59 Å². The smallest absolute Gasteiger partial charge is 0.336 e. The highest BCUT2D eigenvalue weighted by Gasteiger charge is 2.64. The largest absolute Gasteiger partial charge is 0.469 e. The van der Waals surface area contributed by atoms with Crippen LogP contribution in [0.4, 0.5) is 5.69 Å². The average Bonchev–Trinajstić information content (AvgIpc) is 2.92. The molecule has 2 N–H and O–H groups in total. The summed E-state index contributed by atoms with van der Waals surface area (Å²) in [6.45, 7) is 0. The number of nitrogens with one attached hydrogen (secondary N) is 1. The van der Waals surface area contributed by atoms with E-state index in [2.05, 4.69) is 5.32 Å². The van der Waals surface area contributed by atoms with Crippen molar-refractivity contribution in [1.82, 2.24) is 0 Å². The number of methoxy groups -OCH3 is 3. The molecule has 3 unspecified atom stereocenters. The molecule has 1 aromatic carbocycles. The lowest BCUT2D eigenvalue weighted by atomic mass is 9.89. The minimum atomic E-state index is -1.91. The molecular formula is C17H17NO7S. The summed E-state index contributed by atoms with van der Waals surface area (Å²) in [6, 6.07) is 7.05. The van der Waals surface area contributed by atoms with Gasteiger partial charge in [0.15, 0.2) is 4.93 Å². The summed E-state index contributed by atoms with van der Waals surface area (Å²) >= 11 is 0.964. The monoisotopic (exact) mass is 379 g/mol. The lowest BCUT2D eigenvalue weighted by molar-refractivity contribution is -0.160. The fraction of sp³-hybridized carbons (Fsp3) is 0.353. The zero-order chi connectivity index (χ0) is 19.1. The third-order valence-corrected chi connectivity index (χ3v) is 5.77. The summed E-state index contributed by atoms with van der Waals surface area (Å²) in [6.07, 6.45) is 0. The van der Waals surface area contributed by atoms with Crippen LogP contribution in [0.25, 0.3) is 0 Å². The van der Waals surface area contributed by atoms with Gasteiger partial charge in [0.1, 0.15) is 11.8 Å². The van der Waals surface area contributed by atoms with Gasteiger partial charge < -0.3 is 24.6 Å². The number of rotatable bonds is 3. The molecule has 8 nitrogen and oxygen atoms in total. The first-order valence-corrected chi connectivity index (χ1v) is 8.46. The van der Waals surface area contributed by atoms with Gasteiger partial charge in [0.2, 0.25) is 0 Å². The molecule has 0 aromatic heterocycles. The average molecular weight is 379 g/mol. The Kier molecular flexibility index (Phi) is 4.68. The zero-order valence-corrected chi connectivity index (χ0v) is 15.1. The van der Waals surface area contributed by atoms with E-state index < -0.39 is 34.7 Å². The van der Waals surface area contributed by atoms with Crippen molar-refractivity contribution in [2.75, 3.05) is 26.6 Å². The van der Waals surface area contributed by atoms with Crippen molar-refractivity contribution in [1.29, 1.82) is 0 Å². The van der Waals surface area contributed by atoms with E-state index in [9.17, 15) is 19.5 Å². The van der Waals surface area contributed by atoms with Gasteiger partial charge in [0, 0.05) is 4.90 Å². The Labute approximate surface area is 153 Å². The molecule has 2 aliphatic rings. The van der Waals surface area contributed by atoms with Crippen LogP contribution >= 0.6 is 11.8 Å². The maximum absolute atomic E-state index is 12.5. The zero-order valence-electron chi connectivity index (χ0n) is 14.3. The van der Waals surface area contributed by atoms with Crippen molar-refractivity contribution in [3.8, 4) is 0 Å². The van der Waals surface area contributed by atoms with Crippen LogP contribution in [-0.2, 0) is 28.6 Å². The lowest BCUT2D eigenvalue weighted by Gasteiger charge is -2.36. The minimum Gasteiger partial charge on any atom is -0.469 e. The third kappa shape index (κ3) is 2.55. The van der Waals surface area contributed by atoms with Gasteiger partial charge in [-0.25, -0.2) is 4.79 Å². The molecule has 9 heteroatoms. The quantitative estimate of drug-likeness (QED) is 0.585. The number of thioether (sulfide) groups is 1. The summed E-state index contributed by atoms with van der Waals surface area (Å²) < 4.78 is 14.4. The Bertz CT molecular complexity index is 821. The van der Waals surface area contributed by atoms with Gasteiger partial charge in [0.25, 0.3) is 0 Å². The van der Waals surface area contributed by atoms with Crippen LogP contribution in [0.15, 0.2) is 40.4 Å². The number of esters is 3. The van der Waals surface area contributed by atoms with Crippen LogP contribution < -0.4 is 5.32 Å². The van der Waals surface area contributed by atoms with Gasteiger partial charge >= 0.3 is 17.9 Å². The number of aliphatic hydroxyl groups is 1. The van der Waals surface area contributed by atoms with E-state index in [1.165, 1.54) is 0 Å². The summed E-state index contributed by atoms with van der Waals surface area (Å²) in [5.41, 5.74) is 0.505. The molecular weight excluding hydrogens is 362 g/mol. The normalized spacial score (nSPS) is 26.3. The highest BCUT2D eigenvalue weighted by Crippen LogP contribution is 2.57. The summed E-state index contributed by atoms with van der Waals surface area (Å²) in [4.78, 5) is 36.0. The molecule has 26 heavy (non-hydrogen) atoms. The number of carbonyl (C=O) groups excluding carboxylic acids is 3. The van der Waals surface area contributed by atoms with E-state index in [-0.39, 0.29) is 11.3 Å². The molecule has 1 aromatic rings. The Morgan fingerprint density at radius 2 is 1.73 bits per heavy atom. The molecule has 0 radical (unpaired) electrons. The number of hydrogen-bond donors (Lipinski definition) is 2. The lowest BCUT2D eigenvalue weighted by Crippen LogP contribution is -2.45. The Morgan fingerprint density at radius 3 is 2.35 bits per heavy atom. The first-order chi connectivity index (χ1) is 12.4. The molecule has 1 aliphatic heterocycles. The van der Waals surface area contributed by atoms with Crippen molar-refractivity contribution < 1.29 is 33.7 Å². The van der Waals surface area contributed by atoms with Crippen molar-refractivity contribution in [3.63, 3.8) is 0 Å². The second kappa shape index (κ2) is 6.65. The molecule has 1 heterocycles. The van der Waals surface area contributed by atoms with Gasteiger partial charge in [-0.2, -0.15) is 0 Å². The Morgan fingerprint density at radius 1 is 1.08 bits per heavy atom. The number of hydrogen-bond acceptors (Lipinski definition) is 9. The molecule has 3 atom stereocenters. The number of fused-ring (bicyclic) bond motifs is 2. The Hall–Kier alpha value is -2.52. The second-order valence-corrected chi connectivity index (χ2v) is 6.97. The van der Waals surface area contributed by atoms with Gasteiger partial charge in [-0.05, 0) is 12.1 Å². The number of benzene rings is 1. The minimum absolute atomic E-state index is 0.0267. The molecule has 0 saturated carbocycles. The molecule has 1 aliphatic carbocycles. The van der Waals surface area contributed by atoms with Crippen LogP contribution in [-0.4, -0.2) is 49.3 Å². The van der Waals surface area contributed by atoms with E-state index in [1.807, 2.05) is 0 Å². The number of carbonyl (C=O) groups is 3. The third-order valence-electron chi connectivity index (χ3n) is 4.42. The first-order valence-electron chi connectivity index (χ1n) is 7.65. The van der Waals surface area contributed by atoms with Gasteiger partial charge in [0.05, 0.1) is 38.3 Å². The SMILES string of the molecule is COC(=O)C1=C2Nc3ccccc3SC2(O)C(C(=O)OC)C1C(=O)OC. The number of para-hydroxylation sites is 1. The molecule has 0 saturated heterocycles. The first kappa shape index (κ1) is 18.3. The maximum atomic E-state index is 12.5. The van der Waals surface area contributed by atoms with Crippen molar-refractivity contribution in [2.24, 2.45) is 11.8 Å². The molecule has 0 amide bonds. The number of ether oxygens (including phenoxy) is 3.